The number of aromatic nitrogens is 1. The van der Waals surface area contributed by atoms with Gasteiger partial charge in [-0.05, 0) is 42.9 Å². The Morgan fingerprint density at radius 2 is 1.91 bits per heavy atom. The van der Waals surface area contributed by atoms with Crippen molar-refractivity contribution in [1.29, 1.82) is 0 Å². The van der Waals surface area contributed by atoms with Gasteiger partial charge in [0.05, 0.1) is 10.2 Å². The maximum absolute atomic E-state index is 13.6. The minimum atomic E-state index is -0.875. The Balaban J connectivity index is 1.39. The van der Waals surface area contributed by atoms with Crippen LogP contribution in [-0.2, 0) is 16.0 Å². The molecule has 1 spiro atoms. The Morgan fingerprint density at radius 3 is 2.68 bits per heavy atom. The molecular formula is C26H28N4O3S. The average Bonchev–Trinajstić information content (AvgIpc) is 3.37. The van der Waals surface area contributed by atoms with Crippen molar-refractivity contribution in [2.75, 3.05) is 18.0 Å². The molecule has 0 radical (unpaired) electrons. The number of carbonyl (C=O) groups is 3. The Kier molecular flexibility index (Phi) is 6.08. The highest BCUT2D eigenvalue weighted by atomic mass is 32.1. The number of nitrogens with zero attached hydrogens (tertiary/aromatic N) is 3. The molecule has 8 heteroatoms. The zero-order valence-electron chi connectivity index (χ0n) is 19.2. The van der Waals surface area contributed by atoms with Crippen LogP contribution in [0.15, 0.2) is 54.6 Å². The van der Waals surface area contributed by atoms with Crippen molar-refractivity contribution in [1.82, 2.24) is 15.2 Å². The summed E-state index contributed by atoms with van der Waals surface area (Å²) in [5.41, 5.74) is 1.05. The van der Waals surface area contributed by atoms with E-state index in [0.717, 1.165) is 39.9 Å². The molecule has 2 unspecified atom stereocenters. The van der Waals surface area contributed by atoms with Gasteiger partial charge < -0.3 is 5.32 Å². The fraction of sp³-hybridized carbons (Fsp3) is 0.385. The van der Waals surface area contributed by atoms with Crippen LogP contribution in [0.2, 0.25) is 0 Å². The number of rotatable bonds is 6. The molecule has 1 aromatic heterocycles. The number of nitrogens with one attached hydrogen (secondary N) is 1. The number of carbonyl (C=O) groups excluding carboxylic acids is 3. The molecule has 1 N–H and O–H groups in total. The average molecular weight is 477 g/mol. The maximum atomic E-state index is 13.6. The molecule has 7 nitrogen and oxygen atoms in total. The summed E-state index contributed by atoms with van der Waals surface area (Å²) in [5, 5.41) is 3.51. The molecule has 1 aliphatic heterocycles. The third-order valence-electron chi connectivity index (χ3n) is 7.08. The number of hydrogen-bond acceptors (Lipinski definition) is 5. The summed E-state index contributed by atoms with van der Waals surface area (Å²) in [5.74, 6) is -0.527. The van der Waals surface area contributed by atoms with E-state index in [1.165, 1.54) is 11.3 Å². The summed E-state index contributed by atoms with van der Waals surface area (Å²) in [4.78, 5) is 47.2. The third-order valence-corrected chi connectivity index (χ3v) is 8.14. The van der Waals surface area contributed by atoms with Crippen LogP contribution in [0, 0.1) is 5.92 Å². The van der Waals surface area contributed by atoms with Gasteiger partial charge >= 0.3 is 6.03 Å². The lowest BCUT2D eigenvalue weighted by Gasteiger charge is -2.36. The number of imide groups is 1. The standard InChI is InChI=1S/C26H28N4O3S/c1-18-9-7-8-15-26(18)23(32)30(24(33)28-26)17-22(31)29(16-14-19-10-3-2-4-11-19)25-27-20-12-5-6-13-21(20)34-25/h2-6,10-13,18H,7-9,14-17H2,1H3,(H,28,33). The minimum Gasteiger partial charge on any atom is -0.323 e. The number of urea groups is 1. The quantitative estimate of drug-likeness (QED) is 0.536. The molecule has 1 saturated carbocycles. The van der Waals surface area contributed by atoms with E-state index < -0.39 is 11.6 Å². The topological polar surface area (TPSA) is 82.6 Å². The normalized spacial score (nSPS) is 22.4. The van der Waals surface area contributed by atoms with E-state index in [1.54, 1.807) is 4.90 Å². The molecular weight excluding hydrogens is 448 g/mol. The van der Waals surface area contributed by atoms with E-state index >= 15 is 0 Å². The first-order valence-electron chi connectivity index (χ1n) is 11.8. The zero-order chi connectivity index (χ0) is 23.7. The predicted molar refractivity (Wildman–Crippen MR) is 133 cm³/mol. The Morgan fingerprint density at radius 1 is 1.15 bits per heavy atom. The van der Waals surface area contributed by atoms with Crippen molar-refractivity contribution < 1.29 is 14.4 Å². The van der Waals surface area contributed by atoms with Crippen molar-refractivity contribution in [2.45, 2.75) is 44.6 Å². The van der Waals surface area contributed by atoms with Crippen molar-refractivity contribution in [3.05, 3.63) is 60.2 Å². The molecule has 2 heterocycles. The first kappa shape index (κ1) is 22.5. The van der Waals surface area contributed by atoms with Gasteiger partial charge in [-0.25, -0.2) is 9.78 Å². The van der Waals surface area contributed by atoms with E-state index in [0.29, 0.717) is 24.5 Å². The number of fused-ring (bicyclic) bond motifs is 1. The monoisotopic (exact) mass is 476 g/mol. The summed E-state index contributed by atoms with van der Waals surface area (Å²) >= 11 is 1.44. The lowest BCUT2D eigenvalue weighted by molar-refractivity contribution is -0.136. The van der Waals surface area contributed by atoms with E-state index in [2.05, 4.69) is 10.3 Å². The molecule has 4 amide bonds. The largest absolute Gasteiger partial charge is 0.325 e. The maximum Gasteiger partial charge on any atom is 0.325 e. The van der Waals surface area contributed by atoms with E-state index in [4.69, 9.17) is 0 Å². The van der Waals surface area contributed by atoms with Gasteiger partial charge in [0, 0.05) is 6.54 Å². The Bertz CT molecular complexity index is 1190. The van der Waals surface area contributed by atoms with E-state index in [-0.39, 0.29) is 24.3 Å². The van der Waals surface area contributed by atoms with Crippen LogP contribution in [0.25, 0.3) is 10.2 Å². The second-order valence-electron chi connectivity index (χ2n) is 9.18. The molecule has 5 rings (SSSR count). The number of benzene rings is 2. The molecule has 2 aromatic carbocycles. The minimum absolute atomic E-state index is 0.0521. The first-order chi connectivity index (χ1) is 16.5. The highest BCUT2D eigenvalue weighted by molar-refractivity contribution is 7.22. The number of hydrogen-bond donors (Lipinski definition) is 1. The zero-order valence-corrected chi connectivity index (χ0v) is 20.0. The highest BCUT2D eigenvalue weighted by Gasteiger charge is 2.55. The summed E-state index contributed by atoms with van der Waals surface area (Å²) < 4.78 is 0.986. The van der Waals surface area contributed by atoms with Crippen molar-refractivity contribution in [3.63, 3.8) is 0 Å². The smallest absolute Gasteiger partial charge is 0.323 e. The van der Waals surface area contributed by atoms with Crippen molar-refractivity contribution in [3.8, 4) is 0 Å². The second-order valence-corrected chi connectivity index (χ2v) is 10.2. The van der Waals surface area contributed by atoms with Gasteiger partial charge in [-0.15, -0.1) is 0 Å². The Hall–Kier alpha value is -3.26. The number of para-hydroxylation sites is 1. The van der Waals surface area contributed by atoms with Crippen molar-refractivity contribution in [2.24, 2.45) is 5.92 Å². The van der Waals surface area contributed by atoms with Gasteiger partial charge in [0.2, 0.25) is 5.91 Å². The van der Waals surface area contributed by atoms with Crippen LogP contribution < -0.4 is 10.2 Å². The molecule has 3 aromatic rings. The van der Waals surface area contributed by atoms with Crippen LogP contribution in [0.4, 0.5) is 9.93 Å². The van der Waals surface area contributed by atoms with Crippen LogP contribution in [-0.4, -0.2) is 46.4 Å². The predicted octanol–water partition coefficient (Wildman–Crippen LogP) is 4.37. The molecule has 176 valence electrons. The first-order valence-corrected chi connectivity index (χ1v) is 12.6. The van der Waals surface area contributed by atoms with Crippen LogP contribution in [0.5, 0.6) is 0 Å². The van der Waals surface area contributed by atoms with Crippen molar-refractivity contribution >= 4 is 44.5 Å². The Labute approximate surface area is 202 Å². The number of thiazole rings is 1. The number of amides is 4. The van der Waals surface area contributed by atoms with Gasteiger partial charge in [0.15, 0.2) is 5.13 Å². The molecule has 2 atom stereocenters. The third kappa shape index (κ3) is 4.07. The second kappa shape index (κ2) is 9.18. The lowest BCUT2D eigenvalue weighted by atomic mass is 9.73. The molecule has 2 aliphatic rings. The fourth-order valence-electron chi connectivity index (χ4n) is 5.05. The van der Waals surface area contributed by atoms with Gasteiger partial charge in [-0.3, -0.25) is 19.4 Å². The molecule has 34 heavy (non-hydrogen) atoms. The van der Waals surface area contributed by atoms with Gasteiger partial charge in [-0.1, -0.05) is 73.6 Å². The van der Waals surface area contributed by atoms with Gasteiger partial charge in [-0.2, -0.15) is 0 Å². The summed E-state index contributed by atoms with van der Waals surface area (Å²) in [6, 6.07) is 17.2. The molecule has 1 saturated heterocycles. The molecule has 0 bridgehead atoms. The summed E-state index contributed by atoms with van der Waals surface area (Å²) in [6.07, 6.45) is 4.11. The van der Waals surface area contributed by atoms with Crippen LogP contribution >= 0.6 is 11.3 Å². The molecule has 1 aliphatic carbocycles. The van der Waals surface area contributed by atoms with E-state index in [1.807, 2.05) is 61.5 Å². The van der Waals surface area contributed by atoms with Crippen LogP contribution in [0.1, 0.15) is 38.2 Å². The van der Waals surface area contributed by atoms with Crippen LogP contribution in [0.3, 0.4) is 0 Å². The number of anilines is 1. The summed E-state index contributed by atoms with van der Waals surface area (Å²) in [7, 11) is 0. The fourth-order valence-corrected chi connectivity index (χ4v) is 6.06. The van der Waals surface area contributed by atoms with E-state index in [9.17, 15) is 14.4 Å². The molecule has 2 fully saturated rings. The SMILES string of the molecule is CC1CCCCC12NC(=O)N(CC(=O)N(CCc1ccccc1)c1nc3ccccc3s1)C2=O. The van der Waals surface area contributed by atoms with Gasteiger partial charge in [0.1, 0.15) is 12.1 Å². The summed E-state index contributed by atoms with van der Waals surface area (Å²) in [6.45, 7) is 2.13. The lowest BCUT2D eigenvalue weighted by Crippen LogP contribution is -2.54. The highest BCUT2D eigenvalue weighted by Crippen LogP contribution is 2.38. The van der Waals surface area contributed by atoms with Gasteiger partial charge in [0.25, 0.3) is 5.91 Å².